The van der Waals surface area contributed by atoms with Crippen LogP contribution in [0, 0.1) is 0 Å². The molecule has 0 aliphatic carbocycles. The summed E-state index contributed by atoms with van der Waals surface area (Å²) in [5.41, 5.74) is 0.785. The molecule has 1 aromatic carbocycles. The molecule has 1 heterocycles. The number of methoxy groups -OCH3 is 1. The molecule has 0 bridgehead atoms. The molecule has 19 heavy (non-hydrogen) atoms. The third kappa shape index (κ3) is 2.64. The smallest absolute Gasteiger partial charge is 0.349 e. The SMILES string of the molecule is COc1ccccc1N(C)c1nc(Cl)c(C(=O)O)s1. The number of aromatic nitrogens is 1. The van der Waals surface area contributed by atoms with E-state index < -0.39 is 5.97 Å². The third-order valence-electron chi connectivity index (χ3n) is 2.50. The molecule has 0 spiro atoms. The van der Waals surface area contributed by atoms with Crippen LogP contribution in [0.25, 0.3) is 0 Å². The van der Waals surface area contributed by atoms with Crippen molar-refractivity contribution >= 4 is 39.7 Å². The summed E-state index contributed by atoms with van der Waals surface area (Å²) in [6.07, 6.45) is 0. The molecule has 0 saturated heterocycles. The first-order valence-electron chi connectivity index (χ1n) is 5.31. The lowest BCUT2D eigenvalue weighted by Gasteiger charge is -2.18. The fourth-order valence-electron chi connectivity index (χ4n) is 1.58. The highest BCUT2D eigenvalue weighted by Crippen LogP contribution is 2.36. The minimum Gasteiger partial charge on any atom is -0.495 e. The number of rotatable bonds is 4. The number of ether oxygens (including phenoxy) is 1. The van der Waals surface area contributed by atoms with Crippen molar-refractivity contribution < 1.29 is 14.6 Å². The predicted molar refractivity (Wildman–Crippen MR) is 75.1 cm³/mol. The zero-order chi connectivity index (χ0) is 14.0. The van der Waals surface area contributed by atoms with E-state index in [1.54, 1.807) is 19.1 Å². The first-order valence-corrected chi connectivity index (χ1v) is 6.50. The minimum atomic E-state index is -1.08. The van der Waals surface area contributed by atoms with Crippen molar-refractivity contribution in [2.45, 2.75) is 0 Å². The van der Waals surface area contributed by atoms with Crippen molar-refractivity contribution in [3.05, 3.63) is 34.3 Å². The Bertz CT molecular complexity index is 615. The maximum absolute atomic E-state index is 11.0. The molecule has 2 rings (SSSR count). The molecule has 0 unspecified atom stereocenters. The number of hydrogen-bond acceptors (Lipinski definition) is 5. The standard InChI is InChI=1S/C12H11ClN2O3S/c1-15(7-5-3-4-6-8(7)18-2)12-14-10(13)9(19-12)11(16)17/h3-6H,1-2H3,(H,16,17). The van der Waals surface area contributed by atoms with E-state index in [0.717, 1.165) is 17.0 Å². The molecule has 7 heteroatoms. The quantitative estimate of drug-likeness (QED) is 0.938. The van der Waals surface area contributed by atoms with Gasteiger partial charge in [-0.15, -0.1) is 0 Å². The Morgan fingerprint density at radius 1 is 1.47 bits per heavy atom. The molecular formula is C12H11ClN2O3S. The summed E-state index contributed by atoms with van der Waals surface area (Å²) in [5, 5.41) is 9.46. The lowest BCUT2D eigenvalue weighted by molar-refractivity contribution is 0.0702. The zero-order valence-electron chi connectivity index (χ0n) is 10.3. The summed E-state index contributed by atoms with van der Waals surface area (Å²) >= 11 is 6.82. The van der Waals surface area contributed by atoms with Crippen molar-refractivity contribution in [3.63, 3.8) is 0 Å². The van der Waals surface area contributed by atoms with E-state index in [1.165, 1.54) is 0 Å². The van der Waals surface area contributed by atoms with Crippen molar-refractivity contribution in [3.8, 4) is 5.75 Å². The summed E-state index contributed by atoms with van der Waals surface area (Å²) in [4.78, 5) is 16.8. The van der Waals surface area contributed by atoms with E-state index in [2.05, 4.69) is 4.98 Å². The number of carbonyl (C=O) groups is 1. The number of aromatic carboxylic acids is 1. The molecule has 0 aliphatic heterocycles. The van der Waals surface area contributed by atoms with Gasteiger partial charge in [-0.3, -0.25) is 0 Å². The Hall–Kier alpha value is -1.79. The van der Waals surface area contributed by atoms with Crippen molar-refractivity contribution in [1.29, 1.82) is 0 Å². The van der Waals surface area contributed by atoms with E-state index in [0.29, 0.717) is 10.9 Å². The van der Waals surface area contributed by atoms with Gasteiger partial charge in [0.05, 0.1) is 12.8 Å². The molecule has 1 aromatic heterocycles. The molecule has 0 radical (unpaired) electrons. The summed E-state index contributed by atoms with van der Waals surface area (Å²) < 4.78 is 5.26. The minimum absolute atomic E-state index is 0.00533. The van der Waals surface area contributed by atoms with E-state index in [-0.39, 0.29) is 10.0 Å². The fourth-order valence-corrected chi connectivity index (χ4v) is 2.67. The number of carboxylic acid groups (broad SMARTS) is 1. The number of carboxylic acids is 1. The lowest BCUT2D eigenvalue weighted by Crippen LogP contribution is -2.10. The molecule has 0 atom stereocenters. The number of thiazole rings is 1. The second-order valence-corrected chi connectivity index (χ2v) is 4.99. The molecular weight excluding hydrogens is 288 g/mol. The van der Waals surface area contributed by atoms with E-state index >= 15 is 0 Å². The second kappa shape index (κ2) is 5.46. The van der Waals surface area contributed by atoms with Gasteiger partial charge in [0.2, 0.25) is 0 Å². The highest BCUT2D eigenvalue weighted by Gasteiger charge is 2.19. The molecule has 0 fully saturated rings. The second-order valence-electron chi connectivity index (χ2n) is 3.65. The van der Waals surface area contributed by atoms with Gasteiger partial charge in [-0.1, -0.05) is 35.1 Å². The summed E-state index contributed by atoms with van der Waals surface area (Å²) in [6, 6.07) is 7.39. The van der Waals surface area contributed by atoms with Gasteiger partial charge in [0.25, 0.3) is 0 Å². The molecule has 0 aliphatic rings. The maximum atomic E-state index is 11.0. The van der Waals surface area contributed by atoms with Gasteiger partial charge in [0, 0.05) is 7.05 Å². The van der Waals surface area contributed by atoms with Crippen molar-refractivity contribution in [1.82, 2.24) is 4.98 Å². The van der Waals surface area contributed by atoms with Gasteiger partial charge in [0.1, 0.15) is 5.75 Å². The number of halogens is 1. The van der Waals surface area contributed by atoms with Crippen LogP contribution in [0.3, 0.4) is 0 Å². The highest BCUT2D eigenvalue weighted by molar-refractivity contribution is 7.18. The predicted octanol–water partition coefficient (Wildman–Crippen LogP) is 3.27. The number of nitrogens with zero attached hydrogens (tertiary/aromatic N) is 2. The van der Waals surface area contributed by atoms with Gasteiger partial charge in [-0.25, -0.2) is 9.78 Å². The Kier molecular flexibility index (Phi) is 3.92. The Morgan fingerprint density at radius 2 is 2.16 bits per heavy atom. The van der Waals surface area contributed by atoms with Crippen LogP contribution in [0.4, 0.5) is 10.8 Å². The van der Waals surface area contributed by atoms with E-state index in [9.17, 15) is 4.79 Å². The average molecular weight is 299 g/mol. The molecule has 2 aromatic rings. The summed E-state index contributed by atoms with van der Waals surface area (Å²) in [6.45, 7) is 0. The van der Waals surface area contributed by atoms with Crippen molar-refractivity contribution in [2.75, 3.05) is 19.1 Å². The molecule has 100 valence electrons. The van der Waals surface area contributed by atoms with Crippen LogP contribution in [0.15, 0.2) is 24.3 Å². The van der Waals surface area contributed by atoms with Gasteiger partial charge < -0.3 is 14.7 Å². The van der Waals surface area contributed by atoms with Crippen LogP contribution in [-0.4, -0.2) is 30.2 Å². The summed E-state index contributed by atoms with van der Waals surface area (Å²) in [7, 11) is 3.35. The molecule has 5 nitrogen and oxygen atoms in total. The monoisotopic (exact) mass is 298 g/mol. The highest BCUT2D eigenvalue weighted by atomic mass is 35.5. The van der Waals surface area contributed by atoms with Crippen LogP contribution in [0.1, 0.15) is 9.67 Å². The van der Waals surface area contributed by atoms with Gasteiger partial charge >= 0.3 is 5.97 Å². The number of para-hydroxylation sites is 2. The van der Waals surface area contributed by atoms with Gasteiger partial charge in [-0.2, -0.15) is 0 Å². The number of benzene rings is 1. The molecule has 1 N–H and O–H groups in total. The summed E-state index contributed by atoms with van der Waals surface area (Å²) in [5.74, 6) is -0.407. The van der Waals surface area contributed by atoms with Crippen LogP contribution in [0.2, 0.25) is 5.15 Å². The first-order chi connectivity index (χ1) is 9.04. The Balaban J connectivity index is 2.41. The Morgan fingerprint density at radius 3 is 2.74 bits per heavy atom. The van der Waals surface area contributed by atoms with Gasteiger partial charge in [-0.05, 0) is 12.1 Å². The zero-order valence-corrected chi connectivity index (χ0v) is 11.8. The maximum Gasteiger partial charge on any atom is 0.349 e. The third-order valence-corrected chi connectivity index (χ3v) is 4.01. The van der Waals surface area contributed by atoms with Crippen LogP contribution < -0.4 is 9.64 Å². The first kappa shape index (κ1) is 13.6. The van der Waals surface area contributed by atoms with Crippen LogP contribution in [-0.2, 0) is 0 Å². The topological polar surface area (TPSA) is 62.7 Å². The van der Waals surface area contributed by atoms with Crippen molar-refractivity contribution in [2.24, 2.45) is 0 Å². The average Bonchev–Trinajstić information content (AvgIpc) is 2.80. The Labute approximate surface area is 119 Å². The molecule has 0 saturated carbocycles. The van der Waals surface area contributed by atoms with Crippen LogP contribution in [0.5, 0.6) is 5.75 Å². The number of anilines is 2. The fraction of sp³-hybridized carbons (Fsp3) is 0.167. The van der Waals surface area contributed by atoms with E-state index in [4.69, 9.17) is 21.4 Å². The molecule has 0 amide bonds. The van der Waals surface area contributed by atoms with E-state index in [1.807, 2.05) is 24.3 Å². The number of hydrogen-bond donors (Lipinski definition) is 1. The largest absolute Gasteiger partial charge is 0.495 e. The lowest BCUT2D eigenvalue weighted by atomic mass is 10.3. The van der Waals surface area contributed by atoms with Gasteiger partial charge in [0.15, 0.2) is 15.2 Å². The van der Waals surface area contributed by atoms with Crippen LogP contribution >= 0.6 is 22.9 Å². The normalized spacial score (nSPS) is 10.3.